The Labute approximate surface area is 103 Å². The maximum Gasteiger partial charge on any atom is 0.244 e. The fourth-order valence-electron chi connectivity index (χ4n) is 2.26. The van der Waals surface area contributed by atoms with Gasteiger partial charge in [-0.05, 0) is 38.6 Å². The molecule has 1 aromatic carbocycles. The van der Waals surface area contributed by atoms with Crippen molar-refractivity contribution in [3.63, 3.8) is 0 Å². The van der Waals surface area contributed by atoms with Gasteiger partial charge in [0.05, 0.1) is 6.04 Å². The molecule has 3 nitrogen and oxygen atoms in total. The van der Waals surface area contributed by atoms with Gasteiger partial charge in [0.15, 0.2) is 0 Å². The van der Waals surface area contributed by atoms with Crippen LogP contribution < -0.4 is 4.90 Å². The van der Waals surface area contributed by atoms with Gasteiger partial charge in [0.25, 0.3) is 0 Å². The molecular formula is C14H20N2O. The SMILES string of the molecule is CCN(C)C(C)C(=O)N1CCc2ccccc21. The van der Waals surface area contributed by atoms with E-state index in [1.54, 1.807) is 0 Å². The lowest BCUT2D eigenvalue weighted by atomic mass is 10.2. The topological polar surface area (TPSA) is 23.6 Å². The van der Waals surface area contributed by atoms with Gasteiger partial charge in [0.2, 0.25) is 5.91 Å². The molecule has 1 aromatic rings. The number of hydrogen-bond acceptors (Lipinski definition) is 2. The van der Waals surface area contributed by atoms with Crippen LogP contribution in [0.25, 0.3) is 0 Å². The quantitative estimate of drug-likeness (QED) is 0.795. The van der Waals surface area contributed by atoms with Crippen molar-refractivity contribution in [2.45, 2.75) is 26.3 Å². The van der Waals surface area contributed by atoms with Crippen molar-refractivity contribution in [2.75, 3.05) is 25.0 Å². The van der Waals surface area contributed by atoms with E-state index in [4.69, 9.17) is 0 Å². The van der Waals surface area contributed by atoms with Crippen molar-refractivity contribution in [1.29, 1.82) is 0 Å². The Hall–Kier alpha value is -1.35. The lowest BCUT2D eigenvalue weighted by Crippen LogP contribution is -2.45. The summed E-state index contributed by atoms with van der Waals surface area (Å²) < 4.78 is 0. The first-order valence-electron chi connectivity index (χ1n) is 6.24. The zero-order valence-corrected chi connectivity index (χ0v) is 10.8. The van der Waals surface area contributed by atoms with E-state index in [1.165, 1.54) is 5.56 Å². The van der Waals surface area contributed by atoms with Crippen LogP contribution in [-0.2, 0) is 11.2 Å². The van der Waals surface area contributed by atoms with Crippen molar-refractivity contribution < 1.29 is 4.79 Å². The highest BCUT2D eigenvalue weighted by Gasteiger charge is 2.28. The summed E-state index contributed by atoms with van der Waals surface area (Å²) in [7, 11) is 1.99. The summed E-state index contributed by atoms with van der Waals surface area (Å²) >= 11 is 0. The molecule has 0 aliphatic carbocycles. The number of para-hydroxylation sites is 1. The molecule has 92 valence electrons. The maximum atomic E-state index is 12.4. The van der Waals surface area contributed by atoms with Crippen LogP contribution >= 0.6 is 0 Å². The summed E-state index contributed by atoms with van der Waals surface area (Å²) in [5, 5.41) is 0. The van der Waals surface area contributed by atoms with Crippen LogP contribution in [0.4, 0.5) is 5.69 Å². The van der Waals surface area contributed by atoms with Gasteiger partial charge in [0, 0.05) is 12.2 Å². The van der Waals surface area contributed by atoms with Gasteiger partial charge in [0.1, 0.15) is 0 Å². The number of amides is 1. The zero-order chi connectivity index (χ0) is 12.4. The largest absolute Gasteiger partial charge is 0.310 e. The summed E-state index contributed by atoms with van der Waals surface area (Å²) in [6.45, 7) is 5.76. The predicted molar refractivity (Wildman–Crippen MR) is 70.3 cm³/mol. The highest BCUT2D eigenvalue weighted by molar-refractivity contribution is 5.98. The van der Waals surface area contributed by atoms with E-state index in [0.29, 0.717) is 0 Å². The van der Waals surface area contributed by atoms with Crippen molar-refractivity contribution in [3.05, 3.63) is 29.8 Å². The van der Waals surface area contributed by atoms with Crippen LogP contribution in [-0.4, -0.2) is 37.0 Å². The van der Waals surface area contributed by atoms with Crippen LogP contribution in [0.5, 0.6) is 0 Å². The van der Waals surface area contributed by atoms with E-state index in [1.807, 2.05) is 37.1 Å². The first kappa shape index (κ1) is 12.1. The van der Waals surface area contributed by atoms with Crippen LogP contribution in [0.15, 0.2) is 24.3 Å². The third-order valence-corrected chi connectivity index (χ3v) is 3.67. The van der Waals surface area contributed by atoms with Crippen molar-refractivity contribution in [2.24, 2.45) is 0 Å². The number of rotatable bonds is 3. The number of nitrogens with zero attached hydrogens (tertiary/aromatic N) is 2. The summed E-state index contributed by atoms with van der Waals surface area (Å²) in [4.78, 5) is 16.4. The molecule has 1 heterocycles. The monoisotopic (exact) mass is 232 g/mol. The van der Waals surface area contributed by atoms with Crippen LogP contribution in [0.2, 0.25) is 0 Å². The van der Waals surface area contributed by atoms with Gasteiger partial charge in [-0.25, -0.2) is 0 Å². The number of carbonyl (C=O) groups excluding carboxylic acids is 1. The minimum atomic E-state index is -0.0499. The van der Waals surface area contributed by atoms with Crippen LogP contribution in [0, 0.1) is 0 Å². The minimum Gasteiger partial charge on any atom is -0.310 e. The summed E-state index contributed by atoms with van der Waals surface area (Å²) in [5.41, 5.74) is 2.38. The van der Waals surface area contributed by atoms with E-state index < -0.39 is 0 Å². The molecule has 0 radical (unpaired) electrons. The molecule has 1 atom stereocenters. The molecule has 0 N–H and O–H groups in total. The standard InChI is InChI=1S/C14H20N2O/c1-4-15(3)11(2)14(17)16-10-9-12-7-5-6-8-13(12)16/h5-8,11H,4,9-10H2,1-3H3. The van der Waals surface area contributed by atoms with E-state index in [0.717, 1.165) is 25.2 Å². The first-order chi connectivity index (χ1) is 8.15. The number of hydrogen-bond donors (Lipinski definition) is 0. The van der Waals surface area contributed by atoms with E-state index in [2.05, 4.69) is 17.9 Å². The Morgan fingerprint density at radius 3 is 2.88 bits per heavy atom. The summed E-state index contributed by atoms with van der Waals surface area (Å²) in [6.07, 6.45) is 0.977. The molecule has 0 fully saturated rings. The van der Waals surface area contributed by atoms with Crippen LogP contribution in [0.3, 0.4) is 0 Å². The highest BCUT2D eigenvalue weighted by atomic mass is 16.2. The zero-order valence-electron chi connectivity index (χ0n) is 10.8. The smallest absolute Gasteiger partial charge is 0.244 e. The second-order valence-electron chi connectivity index (χ2n) is 4.62. The molecule has 0 saturated carbocycles. The van der Waals surface area contributed by atoms with E-state index >= 15 is 0 Å². The number of anilines is 1. The van der Waals surface area contributed by atoms with E-state index in [-0.39, 0.29) is 11.9 Å². The minimum absolute atomic E-state index is 0.0499. The second kappa shape index (κ2) is 4.88. The first-order valence-corrected chi connectivity index (χ1v) is 6.24. The molecule has 1 aliphatic rings. The molecule has 0 spiro atoms. The average molecular weight is 232 g/mol. The van der Waals surface area contributed by atoms with Crippen molar-refractivity contribution in [3.8, 4) is 0 Å². The third kappa shape index (κ3) is 2.20. The lowest BCUT2D eigenvalue weighted by molar-refractivity contribution is -0.122. The predicted octanol–water partition coefficient (Wildman–Crippen LogP) is 1.92. The Morgan fingerprint density at radius 2 is 2.18 bits per heavy atom. The molecule has 0 bridgehead atoms. The third-order valence-electron chi connectivity index (χ3n) is 3.67. The maximum absolute atomic E-state index is 12.4. The van der Waals surface area contributed by atoms with Gasteiger partial charge in [-0.1, -0.05) is 25.1 Å². The molecule has 1 aliphatic heterocycles. The molecule has 0 aromatic heterocycles. The molecule has 0 saturated heterocycles. The summed E-state index contributed by atoms with van der Waals surface area (Å²) in [6, 6.07) is 8.13. The fourth-order valence-corrected chi connectivity index (χ4v) is 2.26. The van der Waals surface area contributed by atoms with Crippen LogP contribution in [0.1, 0.15) is 19.4 Å². The molecule has 1 amide bonds. The van der Waals surface area contributed by atoms with E-state index in [9.17, 15) is 4.79 Å². The molecule has 2 rings (SSSR count). The van der Waals surface area contributed by atoms with Gasteiger partial charge in [-0.15, -0.1) is 0 Å². The van der Waals surface area contributed by atoms with Crippen molar-refractivity contribution in [1.82, 2.24) is 4.90 Å². The Bertz CT molecular complexity index is 416. The number of fused-ring (bicyclic) bond motifs is 1. The molecular weight excluding hydrogens is 212 g/mol. The van der Waals surface area contributed by atoms with Crippen molar-refractivity contribution >= 4 is 11.6 Å². The molecule has 3 heteroatoms. The normalized spacial score (nSPS) is 16.1. The summed E-state index contributed by atoms with van der Waals surface area (Å²) in [5.74, 6) is 0.208. The number of benzene rings is 1. The van der Waals surface area contributed by atoms with Gasteiger partial charge >= 0.3 is 0 Å². The molecule has 1 unspecified atom stereocenters. The van der Waals surface area contributed by atoms with Gasteiger partial charge in [-0.3, -0.25) is 9.69 Å². The lowest BCUT2D eigenvalue weighted by Gasteiger charge is -2.27. The number of carbonyl (C=O) groups is 1. The average Bonchev–Trinajstić information content (AvgIpc) is 2.79. The Balaban J connectivity index is 2.18. The highest BCUT2D eigenvalue weighted by Crippen LogP contribution is 2.28. The number of likely N-dealkylation sites (N-methyl/N-ethyl adjacent to an activating group) is 1. The Morgan fingerprint density at radius 1 is 1.47 bits per heavy atom. The Kier molecular flexibility index (Phi) is 3.48. The van der Waals surface area contributed by atoms with Gasteiger partial charge in [-0.2, -0.15) is 0 Å². The molecule has 17 heavy (non-hydrogen) atoms. The fraction of sp³-hybridized carbons (Fsp3) is 0.500. The van der Waals surface area contributed by atoms with Gasteiger partial charge < -0.3 is 4.90 Å². The second-order valence-corrected chi connectivity index (χ2v) is 4.62.